The number of nitrogens with zero attached hydrogens (tertiary/aromatic N) is 4. The summed E-state index contributed by atoms with van der Waals surface area (Å²) in [5.41, 5.74) is 2.91. The first-order chi connectivity index (χ1) is 20.8. The number of phenolic OH excluding ortho intramolecular Hbond substituents is 1. The molecule has 220 valence electrons. The van der Waals surface area contributed by atoms with Crippen LogP contribution in [0.5, 0.6) is 5.75 Å². The highest BCUT2D eigenvalue weighted by molar-refractivity contribution is 5.92. The zero-order valence-electron chi connectivity index (χ0n) is 24.5. The summed E-state index contributed by atoms with van der Waals surface area (Å²) in [7, 11) is 1.76. The van der Waals surface area contributed by atoms with E-state index in [2.05, 4.69) is 18.2 Å². The molecule has 4 aromatic rings. The van der Waals surface area contributed by atoms with Gasteiger partial charge >= 0.3 is 0 Å². The van der Waals surface area contributed by atoms with Crippen LogP contribution in [0.4, 0.5) is 0 Å². The Bertz CT molecular complexity index is 1640. The molecule has 2 aliphatic rings. The first-order valence-electron chi connectivity index (χ1n) is 14.7. The number of rotatable bonds is 7. The Labute approximate surface area is 251 Å². The summed E-state index contributed by atoms with van der Waals surface area (Å²) in [6.07, 6.45) is -0.0942. The second-order valence-electron chi connectivity index (χ2n) is 11.6. The summed E-state index contributed by atoms with van der Waals surface area (Å²) in [5, 5.41) is 15.4. The Balaban J connectivity index is 1.35. The summed E-state index contributed by atoms with van der Waals surface area (Å²) in [4.78, 5) is 45.3. The van der Waals surface area contributed by atoms with Gasteiger partial charge in [-0.1, -0.05) is 91.9 Å². The predicted molar refractivity (Wildman–Crippen MR) is 165 cm³/mol. The van der Waals surface area contributed by atoms with Crippen LogP contribution in [0.25, 0.3) is 10.8 Å². The molecule has 2 saturated heterocycles. The van der Waals surface area contributed by atoms with Crippen LogP contribution in [0.2, 0.25) is 0 Å². The van der Waals surface area contributed by atoms with Gasteiger partial charge in [-0.2, -0.15) is 0 Å². The van der Waals surface area contributed by atoms with Gasteiger partial charge in [0.1, 0.15) is 18.0 Å². The number of benzene rings is 4. The van der Waals surface area contributed by atoms with E-state index in [4.69, 9.17) is 0 Å². The second kappa shape index (κ2) is 11.9. The highest BCUT2D eigenvalue weighted by atomic mass is 16.3. The van der Waals surface area contributed by atoms with E-state index >= 15 is 0 Å². The van der Waals surface area contributed by atoms with E-state index in [1.54, 1.807) is 51.1 Å². The number of likely N-dealkylation sites (N-methyl/N-ethyl adjacent to an activating group) is 1. The maximum absolute atomic E-state index is 14.2. The van der Waals surface area contributed by atoms with Crippen molar-refractivity contribution in [3.8, 4) is 5.75 Å². The number of amides is 3. The van der Waals surface area contributed by atoms with Crippen molar-refractivity contribution in [1.82, 2.24) is 19.8 Å². The van der Waals surface area contributed by atoms with Gasteiger partial charge in [0, 0.05) is 26.4 Å². The SMILES string of the molecule is C[C@H](CC(=O)N1C2CN(Cc3cccc4ccccc34)C(=O)[C@H](Cc3ccc(O)cc3)N2C(=O)CN1C)c1ccccc1. The van der Waals surface area contributed by atoms with Crippen LogP contribution in [-0.2, 0) is 27.3 Å². The minimum Gasteiger partial charge on any atom is -0.508 e. The van der Waals surface area contributed by atoms with Crippen LogP contribution in [0.1, 0.15) is 36.0 Å². The second-order valence-corrected chi connectivity index (χ2v) is 11.6. The largest absolute Gasteiger partial charge is 0.508 e. The Morgan fingerprint density at radius 1 is 0.907 bits per heavy atom. The number of carbonyl (C=O) groups is 3. The van der Waals surface area contributed by atoms with Crippen molar-refractivity contribution >= 4 is 28.5 Å². The van der Waals surface area contributed by atoms with Crippen LogP contribution < -0.4 is 0 Å². The van der Waals surface area contributed by atoms with Gasteiger partial charge in [-0.05, 0) is 45.5 Å². The van der Waals surface area contributed by atoms with Crippen LogP contribution in [0.15, 0.2) is 97.1 Å². The summed E-state index contributed by atoms with van der Waals surface area (Å²) in [6, 6.07) is 30.0. The molecule has 0 radical (unpaired) electrons. The molecule has 43 heavy (non-hydrogen) atoms. The van der Waals surface area contributed by atoms with Gasteiger partial charge in [0.15, 0.2) is 0 Å². The lowest BCUT2D eigenvalue weighted by atomic mass is 9.96. The van der Waals surface area contributed by atoms with Gasteiger partial charge in [-0.15, -0.1) is 0 Å². The number of phenols is 1. The van der Waals surface area contributed by atoms with Gasteiger partial charge in [-0.25, -0.2) is 5.01 Å². The smallest absolute Gasteiger partial charge is 0.246 e. The van der Waals surface area contributed by atoms with E-state index < -0.39 is 12.2 Å². The molecular formula is C35H36N4O4. The number of piperazine rings is 1. The normalized spacial score (nSPS) is 19.9. The van der Waals surface area contributed by atoms with Gasteiger partial charge in [0.25, 0.3) is 0 Å². The van der Waals surface area contributed by atoms with Crippen LogP contribution >= 0.6 is 0 Å². The molecule has 8 nitrogen and oxygen atoms in total. The number of carbonyl (C=O) groups excluding carboxylic acids is 3. The molecule has 1 N–H and O–H groups in total. The lowest BCUT2D eigenvalue weighted by Crippen LogP contribution is -2.75. The maximum atomic E-state index is 14.2. The first kappa shape index (κ1) is 28.4. The third-order valence-corrected chi connectivity index (χ3v) is 8.65. The molecule has 2 aliphatic heterocycles. The lowest BCUT2D eigenvalue weighted by molar-refractivity contribution is -0.203. The third-order valence-electron chi connectivity index (χ3n) is 8.65. The van der Waals surface area contributed by atoms with Gasteiger partial charge < -0.3 is 14.9 Å². The summed E-state index contributed by atoms with van der Waals surface area (Å²) < 4.78 is 0. The van der Waals surface area contributed by atoms with Crippen molar-refractivity contribution in [2.45, 2.75) is 44.4 Å². The van der Waals surface area contributed by atoms with E-state index in [1.807, 2.05) is 61.5 Å². The molecule has 0 aliphatic carbocycles. The number of hydrogen-bond donors (Lipinski definition) is 1. The van der Waals surface area contributed by atoms with Crippen molar-refractivity contribution in [3.63, 3.8) is 0 Å². The van der Waals surface area contributed by atoms with E-state index in [9.17, 15) is 19.5 Å². The molecule has 8 heteroatoms. The fraction of sp³-hybridized carbons (Fsp3) is 0.286. The molecule has 3 atom stereocenters. The minimum absolute atomic E-state index is 0.00460. The predicted octanol–water partition coefficient (Wildman–Crippen LogP) is 4.54. The molecule has 0 spiro atoms. The average molecular weight is 577 g/mol. The fourth-order valence-electron chi connectivity index (χ4n) is 6.46. The van der Waals surface area contributed by atoms with Crippen LogP contribution in [0.3, 0.4) is 0 Å². The standard InChI is InChI=1S/C35H36N4O4/c1-24(26-9-4-3-5-10-26)19-33(41)39-32-22-37(21-28-13-8-12-27-11-6-7-14-30(27)28)35(43)31(38(32)34(42)23-36(39)2)20-25-15-17-29(40)18-16-25/h3-18,24,31-32,40H,19-23H2,1-2H3/t24-,31+,32?/m1/s1. The number of aromatic hydroxyl groups is 1. The average Bonchev–Trinajstić information content (AvgIpc) is 3.00. The Morgan fingerprint density at radius 2 is 1.60 bits per heavy atom. The molecular weight excluding hydrogens is 540 g/mol. The van der Waals surface area contributed by atoms with E-state index in [-0.39, 0.29) is 55.3 Å². The number of fused-ring (bicyclic) bond motifs is 2. The zero-order chi connectivity index (χ0) is 30.1. The highest BCUT2D eigenvalue weighted by Crippen LogP contribution is 2.31. The van der Waals surface area contributed by atoms with Crippen molar-refractivity contribution < 1.29 is 19.5 Å². The molecule has 2 fully saturated rings. The van der Waals surface area contributed by atoms with E-state index in [0.717, 1.165) is 27.5 Å². The fourth-order valence-corrected chi connectivity index (χ4v) is 6.46. The van der Waals surface area contributed by atoms with Crippen LogP contribution in [-0.4, -0.2) is 75.0 Å². The maximum Gasteiger partial charge on any atom is 0.246 e. The molecule has 0 bridgehead atoms. The molecule has 0 saturated carbocycles. The van der Waals surface area contributed by atoms with E-state index in [1.165, 1.54) is 0 Å². The summed E-state index contributed by atoms with van der Waals surface area (Å²) in [6.45, 7) is 2.60. The molecule has 6 rings (SSSR count). The Kier molecular flexibility index (Phi) is 7.86. The molecule has 1 unspecified atom stereocenters. The van der Waals surface area contributed by atoms with Crippen molar-refractivity contribution in [3.05, 3.63) is 114 Å². The monoisotopic (exact) mass is 576 g/mol. The van der Waals surface area contributed by atoms with Gasteiger partial charge in [-0.3, -0.25) is 19.4 Å². The van der Waals surface area contributed by atoms with Gasteiger partial charge in [0.2, 0.25) is 17.7 Å². The zero-order valence-corrected chi connectivity index (χ0v) is 24.5. The van der Waals surface area contributed by atoms with Crippen molar-refractivity contribution in [2.24, 2.45) is 0 Å². The van der Waals surface area contributed by atoms with Crippen molar-refractivity contribution in [2.75, 3.05) is 20.1 Å². The number of hydrogen-bond acceptors (Lipinski definition) is 5. The first-order valence-corrected chi connectivity index (χ1v) is 14.7. The molecule has 0 aromatic heterocycles. The molecule has 2 heterocycles. The Hall–Kier alpha value is -4.69. The van der Waals surface area contributed by atoms with Gasteiger partial charge in [0.05, 0.1) is 13.1 Å². The number of hydrazine groups is 1. The third kappa shape index (κ3) is 5.70. The summed E-state index contributed by atoms with van der Waals surface area (Å²) >= 11 is 0. The summed E-state index contributed by atoms with van der Waals surface area (Å²) in [5.74, 6) is -0.314. The van der Waals surface area contributed by atoms with Crippen LogP contribution in [0, 0.1) is 0 Å². The van der Waals surface area contributed by atoms with Crippen molar-refractivity contribution in [1.29, 1.82) is 0 Å². The Morgan fingerprint density at radius 3 is 2.37 bits per heavy atom. The minimum atomic E-state index is -0.790. The topological polar surface area (TPSA) is 84.4 Å². The molecule has 3 amide bonds. The lowest BCUT2D eigenvalue weighted by Gasteiger charge is -2.55. The quantitative estimate of drug-likeness (QED) is 0.349. The van der Waals surface area contributed by atoms with E-state index in [0.29, 0.717) is 6.54 Å². The molecule has 4 aromatic carbocycles. The highest BCUT2D eigenvalue weighted by Gasteiger charge is 2.50.